The molecule has 0 aromatic carbocycles. The predicted octanol–water partition coefficient (Wildman–Crippen LogP) is -0.447. The van der Waals surface area contributed by atoms with Gasteiger partial charge in [0.1, 0.15) is 0 Å². The number of piperidine rings is 1. The van der Waals surface area contributed by atoms with Crippen LogP contribution in [-0.4, -0.2) is 72.4 Å². The van der Waals surface area contributed by atoms with Crippen LogP contribution in [0.1, 0.15) is 18.4 Å². The number of morpholine rings is 1. The van der Waals surface area contributed by atoms with E-state index in [2.05, 4.69) is 15.7 Å². The molecule has 8 heteroatoms. The van der Waals surface area contributed by atoms with Crippen LogP contribution < -0.4 is 10.6 Å². The fourth-order valence-corrected chi connectivity index (χ4v) is 3.62. The van der Waals surface area contributed by atoms with Crippen LogP contribution in [0.5, 0.6) is 0 Å². The monoisotopic (exact) mass is 363 g/mol. The van der Waals surface area contributed by atoms with Crippen molar-refractivity contribution in [2.75, 3.05) is 45.9 Å². The first-order valence-corrected chi connectivity index (χ1v) is 9.46. The highest BCUT2D eigenvalue weighted by molar-refractivity contribution is 5.83. The predicted molar refractivity (Wildman–Crippen MR) is 96.4 cm³/mol. The van der Waals surface area contributed by atoms with Gasteiger partial charge in [0.15, 0.2) is 0 Å². The van der Waals surface area contributed by atoms with E-state index < -0.39 is 0 Å². The van der Waals surface area contributed by atoms with Crippen LogP contribution in [0.2, 0.25) is 0 Å². The minimum Gasteiger partial charge on any atom is -0.378 e. The highest BCUT2D eigenvalue weighted by Gasteiger charge is 2.33. The molecule has 3 heterocycles. The van der Waals surface area contributed by atoms with Crippen LogP contribution in [0.25, 0.3) is 0 Å². The van der Waals surface area contributed by atoms with Gasteiger partial charge < -0.3 is 20.3 Å². The molecular weight excluding hydrogens is 334 g/mol. The average Bonchev–Trinajstić information content (AvgIpc) is 3.10. The molecule has 1 aromatic rings. The lowest BCUT2D eigenvalue weighted by atomic mass is 9.88. The summed E-state index contributed by atoms with van der Waals surface area (Å²) in [6.45, 7) is 4.45. The molecule has 3 rings (SSSR count). The Labute approximate surface area is 154 Å². The van der Waals surface area contributed by atoms with Gasteiger partial charge in [-0.3, -0.25) is 14.3 Å². The fourth-order valence-electron chi connectivity index (χ4n) is 3.62. The number of aryl methyl sites for hydroxylation is 2. The number of nitrogens with zero attached hydrogens (tertiary/aromatic N) is 3. The molecule has 2 fully saturated rings. The Kier molecular flexibility index (Phi) is 6.62. The van der Waals surface area contributed by atoms with Crippen LogP contribution >= 0.6 is 0 Å². The first-order chi connectivity index (χ1) is 12.6. The number of hydrogen-bond donors (Lipinski definition) is 2. The van der Waals surface area contributed by atoms with E-state index in [1.807, 2.05) is 24.3 Å². The highest BCUT2D eigenvalue weighted by Crippen LogP contribution is 2.19. The van der Waals surface area contributed by atoms with Gasteiger partial charge in [-0.15, -0.1) is 0 Å². The molecule has 8 nitrogen and oxygen atoms in total. The van der Waals surface area contributed by atoms with Crippen molar-refractivity contribution in [3.8, 4) is 0 Å². The van der Waals surface area contributed by atoms with E-state index >= 15 is 0 Å². The molecule has 1 aromatic heterocycles. The molecule has 0 bridgehead atoms. The maximum absolute atomic E-state index is 12.6. The lowest BCUT2D eigenvalue weighted by Gasteiger charge is -2.34. The van der Waals surface area contributed by atoms with E-state index in [9.17, 15) is 9.59 Å². The first-order valence-electron chi connectivity index (χ1n) is 9.46. The van der Waals surface area contributed by atoms with E-state index in [4.69, 9.17) is 4.74 Å². The summed E-state index contributed by atoms with van der Waals surface area (Å²) in [5.41, 5.74) is 1.18. The van der Waals surface area contributed by atoms with Crippen molar-refractivity contribution in [1.29, 1.82) is 0 Å². The summed E-state index contributed by atoms with van der Waals surface area (Å²) in [5, 5.41) is 10.4. The summed E-state index contributed by atoms with van der Waals surface area (Å²) in [6, 6.07) is 0. The summed E-state index contributed by atoms with van der Waals surface area (Å²) in [7, 11) is 1.90. The number of nitrogens with one attached hydrogen (secondary N) is 2. The summed E-state index contributed by atoms with van der Waals surface area (Å²) in [5.74, 6) is -0.0665. The minimum atomic E-state index is -0.142. The van der Waals surface area contributed by atoms with Gasteiger partial charge in [-0.1, -0.05) is 0 Å². The van der Waals surface area contributed by atoms with Gasteiger partial charge in [-0.25, -0.2) is 0 Å². The Hall–Kier alpha value is -1.93. The summed E-state index contributed by atoms with van der Waals surface area (Å²) in [6.07, 6.45) is 6.25. The lowest BCUT2D eigenvalue weighted by molar-refractivity contribution is -0.141. The lowest BCUT2D eigenvalue weighted by Crippen LogP contribution is -2.51. The zero-order valence-corrected chi connectivity index (χ0v) is 15.4. The molecule has 2 unspecified atom stereocenters. The zero-order chi connectivity index (χ0) is 18.4. The minimum absolute atomic E-state index is 0.0446. The Morgan fingerprint density at radius 1 is 1.31 bits per heavy atom. The number of ether oxygens (including phenoxy) is 1. The molecule has 2 saturated heterocycles. The van der Waals surface area contributed by atoms with Crippen molar-refractivity contribution in [2.24, 2.45) is 18.9 Å². The number of amides is 2. The molecule has 2 aliphatic heterocycles. The fraction of sp³-hybridized carbons (Fsp3) is 0.722. The largest absolute Gasteiger partial charge is 0.378 e. The number of hydrogen-bond acceptors (Lipinski definition) is 5. The van der Waals surface area contributed by atoms with Gasteiger partial charge in [0, 0.05) is 46.0 Å². The summed E-state index contributed by atoms with van der Waals surface area (Å²) in [4.78, 5) is 26.9. The van der Waals surface area contributed by atoms with Crippen molar-refractivity contribution in [3.05, 3.63) is 18.0 Å². The second kappa shape index (κ2) is 9.14. The Morgan fingerprint density at radius 2 is 2.08 bits per heavy atom. The molecule has 2 amide bonds. The zero-order valence-electron chi connectivity index (χ0n) is 15.4. The maximum Gasteiger partial charge on any atom is 0.227 e. The smallest absolute Gasteiger partial charge is 0.227 e. The maximum atomic E-state index is 12.6. The van der Waals surface area contributed by atoms with Crippen LogP contribution in [0.15, 0.2) is 12.4 Å². The normalized spacial score (nSPS) is 23.7. The van der Waals surface area contributed by atoms with Crippen LogP contribution in [0.4, 0.5) is 0 Å². The number of carbonyl (C=O) groups is 2. The van der Waals surface area contributed by atoms with Gasteiger partial charge in [0.2, 0.25) is 11.8 Å². The highest BCUT2D eigenvalue weighted by atomic mass is 16.5. The van der Waals surface area contributed by atoms with Crippen LogP contribution in [0.3, 0.4) is 0 Å². The quantitative estimate of drug-likeness (QED) is 0.669. The topological polar surface area (TPSA) is 88.5 Å². The Balaban J connectivity index is 1.40. The van der Waals surface area contributed by atoms with E-state index in [1.165, 1.54) is 5.56 Å². The summed E-state index contributed by atoms with van der Waals surface area (Å²) >= 11 is 0. The standard InChI is InChI=1S/C18H29N5O3/c1-22-13-14(10-21-22)3-2-4-20-17(24)15-9-16(12-19-11-15)18(25)23-5-7-26-8-6-23/h10,13,15-16,19H,2-9,11-12H2,1H3,(H,20,24). The third-order valence-corrected chi connectivity index (χ3v) is 5.09. The molecule has 26 heavy (non-hydrogen) atoms. The number of rotatable bonds is 6. The SMILES string of the molecule is Cn1cc(CCCNC(=O)C2CNCC(C(=O)N3CCOCC3)C2)cn1. The molecule has 0 spiro atoms. The van der Waals surface area contributed by atoms with E-state index in [0.717, 1.165) is 12.8 Å². The second-order valence-corrected chi connectivity index (χ2v) is 7.14. The Morgan fingerprint density at radius 3 is 2.81 bits per heavy atom. The molecule has 0 aliphatic carbocycles. The third kappa shape index (κ3) is 5.04. The van der Waals surface area contributed by atoms with Crippen LogP contribution in [-0.2, 0) is 27.8 Å². The van der Waals surface area contributed by atoms with Crippen molar-refractivity contribution in [1.82, 2.24) is 25.3 Å². The van der Waals surface area contributed by atoms with Gasteiger partial charge >= 0.3 is 0 Å². The third-order valence-electron chi connectivity index (χ3n) is 5.09. The van der Waals surface area contributed by atoms with E-state index in [1.54, 1.807) is 4.68 Å². The van der Waals surface area contributed by atoms with Gasteiger partial charge in [0.25, 0.3) is 0 Å². The van der Waals surface area contributed by atoms with Gasteiger partial charge in [-0.2, -0.15) is 5.10 Å². The van der Waals surface area contributed by atoms with Crippen molar-refractivity contribution in [3.63, 3.8) is 0 Å². The van der Waals surface area contributed by atoms with Crippen LogP contribution in [0, 0.1) is 11.8 Å². The first kappa shape index (κ1) is 18.8. The van der Waals surface area contributed by atoms with E-state index in [0.29, 0.717) is 52.4 Å². The van der Waals surface area contributed by atoms with Gasteiger partial charge in [-0.05, 0) is 24.8 Å². The van der Waals surface area contributed by atoms with Crippen molar-refractivity contribution in [2.45, 2.75) is 19.3 Å². The number of aromatic nitrogens is 2. The molecule has 0 saturated carbocycles. The Bertz CT molecular complexity index is 612. The second-order valence-electron chi connectivity index (χ2n) is 7.14. The number of carbonyl (C=O) groups excluding carboxylic acids is 2. The van der Waals surface area contributed by atoms with Crippen molar-refractivity contribution < 1.29 is 14.3 Å². The molecule has 2 atom stereocenters. The van der Waals surface area contributed by atoms with E-state index in [-0.39, 0.29) is 23.7 Å². The van der Waals surface area contributed by atoms with Gasteiger partial charge in [0.05, 0.1) is 31.2 Å². The molecule has 2 N–H and O–H groups in total. The summed E-state index contributed by atoms with van der Waals surface area (Å²) < 4.78 is 7.09. The molecule has 144 valence electrons. The average molecular weight is 363 g/mol. The molecule has 2 aliphatic rings. The molecular formula is C18H29N5O3. The van der Waals surface area contributed by atoms with Crippen molar-refractivity contribution >= 4 is 11.8 Å². The molecule has 0 radical (unpaired) electrons.